The molecule has 1 aromatic rings. The highest BCUT2D eigenvalue weighted by Crippen LogP contribution is 2.11. The van der Waals surface area contributed by atoms with Gasteiger partial charge in [-0.2, -0.15) is 5.26 Å². The van der Waals surface area contributed by atoms with Gasteiger partial charge in [0.05, 0.1) is 6.04 Å². The number of benzene rings is 1. The second kappa shape index (κ2) is 4.20. The number of nitriles is 1. The molecule has 1 atom stereocenters. The summed E-state index contributed by atoms with van der Waals surface area (Å²) in [6.45, 7) is 3.64. The van der Waals surface area contributed by atoms with Gasteiger partial charge in [0.1, 0.15) is 0 Å². The normalized spacial score (nSPS) is 11.2. The molecule has 0 spiro atoms. The third kappa shape index (κ3) is 1.86. The average Bonchev–Trinajstić information content (AvgIpc) is 2.15. The van der Waals surface area contributed by atoms with Crippen molar-refractivity contribution >= 4 is 0 Å². The molecule has 0 saturated heterocycles. The average molecular weight is 158 g/mol. The zero-order valence-corrected chi connectivity index (χ0v) is 6.70. The molecule has 0 fully saturated rings. The molecule has 0 amide bonds. The van der Waals surface area contributed by atoms with Crippen LogP contribution in [0.1, 0.15) is 11.6 Å². The summed E-state index contributed by atoms with van der Waals surface area (Å²) in [6.07, 6.45) is 3.60. The standard InChI is InChI=1S/C10H10N2/c1-2-10(12-8-11)9-6-4-3-5-7-9/h2-7,10,12H,1H2. The summed E-state index contributed by atoms with van der Waals surface area (Å²) in [5.41, 5.74) is 1.05. The fourth-order valence-electron chi connectivity index (χ4n) is 1.01. The van der Waals surface area contributed by atoms with Crippen molar-refractivity contribution in [3.05, 3.63) is 48.6 Å². The second-order valence-corrected chi connectivity index (χ2v) is 2.38. The van der Waals surface area contributed by atoms with Crippen molar-refractivity contribution in [1.82, 2.24) is 5.32 Å². The molecule has 2 heteroatoms. The van der Waals surface area contributed by atoms with Crippen molar-refractivity contribution in [1.29, 1.82) is 5.26 Å². The number of hydrogen-bond donors (Lipinski definition) is 1. The number of nitrogens with zero attached hydrogens (tertiary/aromatic N) is 1. The SMILES string of the molecule is C=CC(NC#N)c1ccccc1. The van der Waals surface area contributed by atoms with Crippen LogP contribution >= 0.6 is 0 Å². The third-order valence-electron chi connectivity index (χ3n) is 1.61. The van der Waals surface area contributed by atoms with Crippen molar-refractivity contribution in [2.24, 2.45) is 0 Å². The predicted molar refractivity (Wildman–Crippen MR) is 48.1 cm³/mol. The highest BCUT2D eigenvalue weighted by molar-refractivity contribution is 5.22. The van der Waals surface area contributed by atoms with Crippen molar-refractivity contribution in [2.45, 2.75) is 6.04 Å². The van der Waals surface area contributed by atoms with E-state index < -0.39 is 0 Å². The van der Waals surface area contributed by atoms with Crippen LogP contribution in [0.15, 0.2) is 43.0 Å². The van der Waals surface area contributed by atoms with Crippen molar-refractivity contribution < 1.29 is 0 Å². The summed E-state index contributed by atoms with van der Waals surface area (Å²) < 4.78 is 0. The molecule has 0 aliphatic heterocycles. The molecule has 0 aliphatic carbocycles. The fourth-order valence-corrected chi connectivity index (χ4v) is 1.01. The quantitative estimate of drug-likeness (QED) is 0.415. The Morgan fingerprint density at radius 3 is 2.58 bits per heavy atom. The minimum absolute atomic E-state index is 0.0730. The highest BCUT2D eigenvalue weighted by Gasteiger charge is 2.02. The summed E-state index contributed by atoms with van der Waals surface area (Å²) >= 11 is 0. The molecule has 0 saturated carbocycles. The summed E-state index contributed by atoms with van der Waals surface area (Å²) in [6, 6.07) is 9.65. The summed E-state index contributed by atoms with van der Waals surface area (Å²) in [5.74, 6) is 0. The molecule has 0 aliphatic rings. The molecule has 2 nitrogen and oxygen atoms in total. The van der Waals surface area contributed by atoms with Gasteiger partial charge in [0.25, 0.3) is 0 Å². The van der Waals surface area contributed by atoms with E-state index in [-0.39, 0.29) is 6.04 Å². The van der Waals surface area contributed by atoms with Gasteiger partial charge in [-0.25, -0.2) is 0 Å². The Bertz CT molecular complexity index is 284. The minimum atomic E-state index is -0.0730. The van der Waals surface area contributed by atoms with E-state index in [1.54, 1.807) is 6.08 Å². The van der Waals surface area contributed by atoms with E-state index in [1.807, 2.05) is 36.5 Å². The monoisotopic (exact) mass is 158 g/mol. The lowest BCUT2D eigenvalue weighted by Crippen LogP contribution is -2.12. The number of nitrogens with one attached hydrogen (secondary N) is 1. The first-order valence-electron chi connectivity index (χ1n) is 3.70. The Hall–Kier alpha value is -1.75. The zero-order chi connectivity index (χ0) is 8.81. The molecule has 1 unspecified atom stereocenters. The molecule has 0 heterocycles. The molecule has 0 aromatic heterocycles. The Morgan fingerprint density at radius 1 is 1.42 bits per heavy atom. The summed E-state index contributed by atoms with van der Waals surface area (Å²) in [7, 11) is 0. The molecule has 1 aromatic carbocycles. The van der Waals surface area contributed by atoms with Gasteiger partial charge in [0.15, 0.2) is 6.19 Å². The Morgan fingerprint density at radius 2 is 2.08 bits per heavy atom. The molecule has 0 bridgehead atoms. The lowest BCUT2D eigenvalue weighted by Gasteiger charge is -2.09. The molecule has 0 radical (unpaired) electrons. The van der Waals surface area contributed by atoms with Crippen LogP contribution in [-0.4, -0.2) is 0 Å². The van der Waals surface area contributed by atoms with Crippen LogP contribution in [0.25, 0.3) is 0 Å². The first-order valence-corrected chi connectivity index (χ1v) is 3.70. The van der Waals surface area contributed by atoms with E-state index in [9.17, 15) is 0 Å². The van der Waals surface area contributed by atoms with E-state index in [0.717, 1.165) is 5.56 Å². The van der Waals surface area contributed by atoms with Crippen LogP contribution in [0.3, 0.4) is 0 Å². The second-order valence-electron chi connectivity index (χ2n) is 2.38. The Labute approximate surface area is 72.1 Å². The van der Waals surface area contributed by atoms with Crippen molar-refractivity contribution in [3.8, 4) is 6.19 Å². The first kappa shape index (κ1) is 8.35. The molecule has 1 rings (SSSR count). The third-order valence-corrected chi connectivity index (χ3v) is 1.61. The van der Waals surface area contributed by atoms with E-state index in [0.29, 0.717) is 0 Å². The molecule has 1 N–H and O–H groups in total. The van der Waals surface area contributed by atoms with E-state index >= 15 is 0 Å². The van der Waals surface area contributed by atoms with Crippen LogP contribution in [-0.2, 0) is 0 Å². The van der Waals surface area contributed by atoms with E-state index in [1.165, 1.54) is 0 Å². The Balaban J connectivity index is 2.81. The zero-order valence-electron chi connectivity index (χ0n) is 6.70. The topological polar surface area (TPSA) is 35.8 Å². The maximum atomic E-state index is 8.42. The maximum Gasteiger partial charge on any atom is 0.177 e. The van der Waals surface area contributed by atoms with Gasteiger partial charge in [-0.15, -0.1) is 6.58 Å². The van der Waals surface area contributed by atoms with Gasteiger partial charge < -0.3 is 5.32 Å². The molecular weight excluding hydrogens is 148 g/mol. The van der Waals surface area contributed by atoms with Crippen LogP contribution < -0.4 is 5.32 Å². The van der Waals surface area contributed by atoms with Gasteiger partial charge >= 0.3 is 0 Å². The van der Waals surface area contributed by atoms with E-state index in [4.69, 9.17) is 5.26 Å². The van der Waals surface area contributed by atoms with Gasteiger partial charge in [-0.1, -0.05) is 36.4 Å². The molecular formula is C10H10N2. The fraction of sp³-hybridized carbons (Fsp3) is 0.100. The van der Waals surface area contributed by atoms with Gasteiger partial charge in [-0.3, -0.25) is 0 Å². The minimum Gasteiger partial charge on any atom is -0.313 e. The molecule has 60 valence electrons. The Kier molecular flexibility index (Phi) is 2.92. The first-order chi connectivity index (χ1) is 5.88. The predicted octanol–water partition coefficient (Wildman–Crippen LogP) is 1.98. The van der Waals surface area contributed by atoms with Gasteiger partial charge in [0.2, 0.25) is 0 Å². The van der Waals surface area contributed by atoms with Gasteiger partial charge in [-0.05, 0) is 5.56 Å². The van der Waals surface area contributed by atoms with Gasteiger partial charge in [0, 0.05) is 0 Å². The largest absolute Gasteiger partial charge is 0.313 e. The van der Waals surface area contributed by atoms with Crippen molar-refractivity contribution in [2.75, 3.05) is 0 Å². The molecule has 12 heavy (non-hydrogen) atoms. The highest BCUT2D eigenvalue weighted by atomic mass is 14.9. The number of rotatable bonds is 3. The maximum absolute atomic E-state index is 8.42. The lowest BCUT2D eigenvalue weighted by atomic mass is 10.1. The van der Waals surface area contributed by atoms with Crippen LogP contribution in [0, 0.1) is 11.5 Å². The summed E-state index contributed by atoms with van der Waals surface area (Å²) in [4.78, 5) is 0. The van der Waals surface area contributed by atoms with Crippen molar-refractivity contribution in [3.63, 3.8) is 0 Å². The summed E-state index contributed by atoms with van der Waals surface area (Å²) in [5, 5.41) is 11.1. The van der Waals surface area contributed by atoms with E-state index in [2.05, 4.69) is 11.9 Å². The van der Waals surface area contributed by atoms with Crippen LogP contribution in [0.2, 0.25) is 0 Å². The van der Waals surface area contributed by atoms with Crippen LogP contribution in [0.5, 0.6) is 0 Å². The smallest absolute Gasteiger partial charge is 0.177 e. The van der Waals surface area contributed by atoms with Crippen LogP contribution in [0.4, 0.5) is 0 Å². The lowest BCUT2D eigenvalue weighted by molar-refractivity contribution is 0.769. The number of hydrogen-bond acceptors (Lipinski definition) is 2.